The second kappa shape index (κ2) is 14.2. The van der Waals surface area contributed by atoms with Crippen LogP contribution in [0.1, 0.15) is 76.7 Å². The molecule has 0 aliphatic rings. The van der Waals surface area contributed by atoms with Crippen molar-refractivity contribution in [3.63, 3.8) is 0 Å². The van der Waals surface area contributed by atoms with E-state index in [-0.39, 0.29) is 13.2 Å². The van der Waals surface area contributed by atoms with Gasteiger partial charge in [-0.15, -0.1) is 0 Å². The van der Waals surface area contributed by atoms with Crippen molar-refractivity contribution in [2.75, 3.05) is 13.2 Å². The maximum Gasteiger partial charge on any atom is 0.469 e. The van der Waals surface area contributed by atoms with Gasteiger partial charge in [0.25, 0.3) is 0 Å². The molecule has 1 aromatic rings. The zero-order valence-electron chi connectivity index (χ0n) is 16.1. The number of benzene rings is 1. The molecule has 0 bridgehead atoms. The molecule has 0 spiro atoms. The van der Waals surface area contributed by atoms with E-state index in [9.17, 15) is 4.57 Å². The molecule has 1 aromatic carbocycles. The number of para-hydroxylation sites is 1. The Morgan fingerprint density at radius 2 is 1.42 bits per heavy atom. The maximum atomic E-state index is 10.6. The fraction of sp³-hybridized carbons (Fsp3) is 0.700. The minimum Gasteiger partial charge on any atom is -0.491 e. The van der Waals surface area contributed by atoms with Crippen LogP contribution in [0.3, 0.4) is 0 Å². The molecular weight excluding hydrogens is 351 g/mol. The number of aryl methyl sites for hydroxylation is 1. The van der Waals surface area contributed by atoms with Gasteiger partial charge in [-0.1, -0.05) is 82.9 Å². The van der Waals surface area contributed by atoms with Crippen molar-refractivity contribution in [3.05, 3.63) is 29.8 Å². The second-order valence-electron chi connectivity index (χ2n) is 6.71. The van der Waals surface area contributed by atoms with E-state index in [0.29, 0.717) is 0 Å². The fourth-order valence-corrected chi connectivity index (χ4v) is 3.27. The Morgan fingerprint density at radius 3 is 2.04 bits per heavy atom. The molecule has 150 valence electrons. The quantitative estimate of drug-likeness (QED) is 0.284. The average Bonchev–Trinajstić information content (AvgIpc) is 2.60. The van der Waals surface area contributed by atoms with Crippen molar-refractivity contribution < 1.29 is 23.6 Å². The number of phosphoric ester groups is 1. The Balaban J connectivity index is 2.14. The van der Waals surface area contributed by atoms with Crippen LogP contribution in [0.4, 0.5) is 0 Å². The zero-order chi connectivity index (χ0) is 19.1. The van der Waals surface area contributed by atoms with Gasteiger partial charge in [0.05, 0.1) is 6.61 Å². The minimum atomic E-state index is -4.42. The third-order valence-electron chi connectivity index (χ3n) is 4.37. The Kier molecular flexibility index (Phi) is 12.7. The number of hydrogen-bond donors (Lipinski definition) is 2. The van der Waals surface area contributed by atoms with Gasteiger partial charge in [0.2, 0.25) is 0 Å². The van der Waals surface area contributed by atoms with Crippen LogP contribution in [0, 0.1) is 0 Å². The number of phosphoric acid groups is 1. The predicted octanol–water partition coefficient (Wildman–Crippen LogP) is 5.64. The van der Waals surface area contributed by atoms with E-state index in [0.717, 1.165) is 24.2 Å². The van der Waals surface area contributed by atoms with Crippen LogP contribution >= 0.6 is 7.82 Å². The lowest BCUT2D eigenvalue weighted by atomic mass is 10.0. The molecule has 0 radical (unpaired) electrons. The molecule has 0 aliphatic heterocycles. The van der Waals surface area contributed by atoms with Gasteiger partial charge >= 0.3 is 7.82 Å². The van der Waals surface area contributed by atoms with Gasteiger partial charge in [0.15, 0.2) is 0 Å². The van der Waals surface area contributed by atoms with Crippen LogP contribution in [0.15, 0.2) is 24.3 Å². The van der Waals surface area contributed by atoms with E-state index in [1.54, 1.807) is 0 Å². The average molecular weight is 386 g/mol. The molecular formula is C20H35O5P. The van der Waals surface area contributed by atoms with Crippen LogP contribution in [-0.2, 0) is 15.5 Å². The Morgan fingerprint density at radius 1 is 0.846 bits per heavy atom. The third kappa shape index (κ3) is 12.5. The molecule has 0 saturated carbocycles. The lowest BCUT2D eigenvalue weighted by Gasteiger charge is -2.12. The van der Waals surface area contributed by atoms with E-state index in [2.05, 4.69) is 11.4 Å². The first-order valence-electron chi connectivity index (χ1n) is 9.93. The summed E-state index contributed by atoms with van der Waals surface area (Å²) in [5.41, 5.74) is 1.14. The molecule has 0 atom stereocenters. The molecule has 0 aliphatic carbocycles. The standard InChI is InChI=1S/C20H35O5P/c1-2-3-4-5-6-7-8-9-10-11-14-19-15-12-13-16-20(19)24-17-18-25-26(21,22)23/h12-13,15-16H,2-11,14,17-18H2,1H3,(H2,21,22,23). The highest BCUT2D eigenvalue weighted by Gasteiger charge is 2.13. The lowest BCUT2D eigenvalue weighted by molar-refractivity contribution is 0.160. The van der Waals surface area contributed by atoms with Gasteiger partial charge in [-0.25, -0.2) is 4.57 Å². The smallest absolute Gasteiger partial charge is 0.469 e. The summed E-state index contributed by atoms with van der Waals surface area (Å²) in [5, 5.41) is 0. The largest absolute Gasteiger partial charge is 0.491 e. The molecule has 0 heterocycles. The summed E-state index contributed by atoms with van der Waals surface area (Å²) in [4.78, 5) is 17.3. The highest BCUT2D eigenvalue weighted by molar-refractivity contribution is 7.46. The van der Waals surface area contributed by atoms with Gasteiger partial charge < -0.3 is 14.5 Å². The maximum absolute atomic E-state index is 10.6. The summed E-state index contributed by atoms with van der Waals surface area (Å²) in [5.74, 6) is 0.776. The van der Waals surface area contributed by atoms with Crippen LogP contribution in [0.2, 0.25) is 0 Å². The van der Waals surface area contributed by atoms with Crippen molar-refractivity contribution in [2.45, 2.75) is 77.6 Å². The van der Waals surface area contributed by atoms with Gasteiger partial charge in [0, 0.05) is 0 Å². The fourth-order valence-electron chi connectivity index (χ4n) is 2.96. The van der Waals surface area contributed by atoms with Crippen molar-refractivity contribution in [1.82, 2.24) is 0 Å². The first kappa shape index (κ1) is 23.2. The normalized spacial score (nSPS) is 11.7. The molecule has 1 rings (SSSR count). The van der Waals surface area contributed by atoms with Crippen LogP contribution in [-0.4, -0.2) is 23.0 Å². The molecule has 0 fully saturated rings. The Hall–Kier alpha value is -0.870. The number of rotatable bonds is 16. The molecule has 0 aromatic heterocycles. The second-order valence-corrected chi connectivity index (χ2v) is 7.95. The number of ether oxygens (including phenoxy) is 1. The predicted molar refractivity (Wildman–Crippen MR) is 105 cm³/mol. The highest BCUT2D eigenvalue weighted by atomic mass is 31.2. The Bertz CT molecular complexity index is 515. The van der Waals surface area contributed by atoms with Crippen LogP contribution < -0.4 is 4.74 Å². The first-order chi connectivity index (χ1) is 12.5. The summed E-state index contributed by atoms with van der Waals surface area (Å²) >= 11 is 0. The van der Waals surface area contributed by atoms with E-state index >= 15 is 0 Å². The van der Waals surface area contributed by atoms with Gasteiger partial charge in [-0.3, -0.25) is 4.52 Å². The molecule has 5 nitrogen and oxygen atoms in total. The topological polar surface area (TPSA) is 76.0 Å². The SMILES string of the molecule is CCCCCCCCCCCCc1ccccc1OCCOP(=O)(O)O. The van der Waals surface area contributed by atoms with Crippen molar-refractivity contribution in [1.29, 1.82) is 0 Å². The van der Waals surface area contributed by atoms with E-state index in [4.69, 9.17) is 14.5 Å². The summed E-state index contributed by atoms with van der Waals surface area (Å²) in [6.45, 7) is 2.25. The van der Waals surface area contributed by atoms with E-state index in [1.165, 1.54) is 57.8 Å². The van der Waals surface area contributed by atoms with Crippen molar-refractivity contribution in [2.24, 2.45) is 0 Å². The highest BCUT2D eigenvalue weighted by Crippen LogP contribution is 2.35. The summed E-state index contributed by atoms with van der Waals surface area (Å²) < 4.78 is 20.6. The summed E-state index contributed by atoms with van der Waals surface area (Å²) in [6, 6.07) is 7.84. The number of hydrogen-bond acceptors (Lipinski definition) is 3. The van der Waals surface area contributed by atoms with Gasteiger partial charge in [-0.05, 0) is 24.5 Å². The minimum absolute atomic E-state index is 0.125. The van der Waals surface area contributed by atoms with E-state index in [1.807, 2.05) is 24.3 Å². The van der Waals surface area contributed by atoms with E-state index < -0.39 is 7.82 Å². The summed E-state index contributed by atoms with van der Waals surface area (Å²) in [6.07, 6.45) is 14.1. The number of unbranched alkanes of at least 4 members (excludes halogenated alkanes) is 9. The first-order valence-corrected chi connectivity index (χ1v) is 11.5. The Labute approximate surface area is 158 Å². The van der Waals surface area contributed by atoms with Gasteiger partial charge in [0.1, 0.15) is 12.4 Å². The van der Waals surface area contributed by atoms with Crippen molar-refractivity contribution >= 4 is 7.82 Å². The molecule has 2 N–H and O–H groups in total. The van der Waals surface area contributed by atoms with Gasteiger partial charge in [-0.2, -0.15) is 0 Å². The molecule has 0 amide bonds. The van der Waals surface area contributed by atoms with Crippen molar-refractivity contribution in [3.8, 4) is 5.75 Å². The molecule has 0 unspecified atom stereocenters. The summed E-state index contributed by atoms with van der Waals surface area (Å²) in [7, 11) is -4.42. The molecule has 26 heavy (non-hydrogen) atoms. The monoisotopic (exact) mass is 386 g/mol. The van der Waals surface area contributed by atoms with Crippen LogP contribution in [0.25, 0.3) is 0 Å². The zero-order valence-corrected chi connectivity index (χ0v) is 17.0. The van der Waals surface area contributed by atoms with Crippen LogP contribution in [0.5, 0.6) is 5.75 Å². The lowest BCUT2D eigenvalue weighted by Crippen LogP contribution is -2.06. The molecule has 6 heteroatoms. The third-order valence-corrected chi connectivity index (χ3v) is 4.89. The molecule has 0 saturated heterocycles.